The summed E-state index contributed by atoms with van der Waals surface area (Å²) in [7, 11) is 1.27. The van der Waals surface area contributed by atoms with Gasteiger partial charge in [0.15, 0.2) is 12.2 Å². The first-order chi connectivity index (χ1) is 7.63. The summed E-state index contributed by atoms with van der Waals surface area (Å²) in [6.07, 6.45) is -1.09. The molecule has 16 heavy (non-hydrogen) atoms. The highest BCUT2D eigenvalue weighted by molar-refractivity contribution is 6.18. The van der Waals surface area contributed by atoms with E-state index in [4.69, 9.17) is 21.1 Å². The van der Waals surface area contributed by atoms with Gasteiger partial charge in [0.1, 0.15) is 0 Å². The third-order valence-electron chi connectivity index (χ3n) is 2.44. The molecular weight excluding hydrogens is 236 g/mol. The van der Waals surface area contributed by atoms with E-state index in [1.54, 1.807) is 6.92 Å². The van der Waals surface area contributed by atoms with E-state index in [1.165, 1.54) is 7.11 Å². The van der Waals surface area contributed by atoms with Gasteiger partial charge in [-0.2, -0.15) is 0 Å². The van der Waals surface area contributed by atoms with E-state index in [2.05, 4.69) is 4.74 Å². The average Bonchev–Trinajstić information content (AvgIpc) is 2.72. The van der Waals surface area contributed by atoms with Crippen LogP contribution in [0.3, 0.4) is 0 Å². The van der Waals surface area contributed by atoms with E-state index >= 15 is 0 Å². The normalized spacial score (nSPS) is 28.8. The molecule has 0 aromatic carbocycles. The Balaban J connectivity index is 2.62. The summed E-state index contributed by atoms with van der Waals surface area (Å²) in [4.78, 5) is 22.8. The summed E-state index contributed by atoms with van der Waals surface area (Å²) >= 11 is 5.71. The lowest BCUT2D eigenvalue weighted by atomic mass is 10.0. The Hall–Kier alpha value is -0.810. The summed E-state index contributed by atoms with van der Waals surface area (Å²) in [6.45, 7) is 2.00. The lowest BCUT2D eigenvalue weighted by Gasteiger charge is -2.13. The fourth-order valence-electron chi connectivity index (χ4n) is 1.64. The van der Waals surface area contributed by atoms with E-state index in [0.717, 1.165) is 0 Å². The maximum absolute atomic E-state index is 11.4. The minimum absolute atomic E-state index is 0.205. The predicted molar refractivity (Wildman–Crippen MR) is 56.1 cm³/mol. The van der Waals surface area contributed by atoms with Crippen LogP contribution in [0.25, 0.3) is 0 Å². The van der Waals surface area contributed by atoms with Crippen molar-refractivity contribution < 1.29 is 23.8 Å². The van der Waals surface area contributed by atoms with E-state index in [9.17, 15) is 9.59 Å². The summed E-state index contributed by atoms with van der Waals surface area (Å²) in [5, 5.41) is 0. The molecule has 1 fully saturated rings. The molecule has 5 nitrogen and oxygen atoms in total. The monoisotopic (exact) mass is 250 g/mol. The first kappa shape index (κ1) is 13.3. The molecular formula is C10H15ClO5. The molecule has 0 aromatic heterocycles. The Kier molecular flexibility index (Phi) is 5.02. The second-order valence-corrected chi connectivity index (χ2v) is 3.78. The molecule has 0 saturated carbocycles. The molecule has 0 aromatic rings. The van der Waals surface area contributed by atoms with Crippen molar-refractivity contribution in [2.24, 2.45) is 5.92 Å². The first-order valence-electron chi connectivity index (χ1n) is 5.09. The number of hydrogen-bond donors (Lipinski definition) is 0. The summed E-state index contributed by atoms with van der Waals surface area (Å²) in [5.41, 5.74) is 0. The molecule has 0 aliphatic carbocycles. The fourth-order valence-corrected chi connectivity index (χ4v) is 1.93. The lowest BCUT2D eigenvalue weighted by molar-refractivity contribution is -0.163. The van der Waals surface area contributed by atoms with Gasteiger partial charge in [-0.3, -0.25) is 0 Å². The third kappa shape index (κ3) is 2.86. The van der Waals surface area contributed by atoms with Crippen LogP contribution in [0.2, 0.25) is 0 Å². The van der Waals surface area contributed by atoms with Gasteiger partial charge < -0.3 is 14.2 Å². The zero-order valence-corrected chi connectivity index (χ0v) is 10.0. The highest BCUT2D eigenvalue weighted by atomic mass is 35.5. The second-order valence-electron chi connectivity index (χ2n) is 3.47. The number of hydrogen-bond acceptors (Lipinski definition) is 5. The molecule has 0 spiro atoms. The minimum Gasteiger partial charge on any atom is -0.467 e. The number of halogens is 1. The van der Waals surface area contributed by atoms with Gasteiger partial charge in [0.25, 0.3) is 0 Å². The van der Waals surface area contributed by atoms with Crippen molar-refractivity contribution in [3.05, 3.63) is 0 Å². The number of carbonyl (C=O) groups excluding carboxylic acids is 2. The number of ether oxygens (including phenoxy) is 3. The van der Waals surface area contributed by atoms with Crippen LogP contribution >= 0.6 is 11.6 Å². The van der Waals surface area contributed by atoms with Crippen LogP contribution in [-0.4, -0.2) is 43.7 Å². The molecule has 1 aliphatic rings. The third-order valence-corrected chi connectivity index (χ3v) is 2.83. The van der Waals surface area contributed by atoms with Crippen LogP contribution < -0.4 is 0 Å². The van der Waals surface area contributed by atoms with Gasteiger partial charge >= 0.3 is 11.9 Å². The van der Waals surface area contributed by atoms with Gasteiger partial charge in [0, 0.05) is 11.8 Å². The zero-order chi connectivity index (χ0) is 12.1. The Morgan fingerprint density at radius 2 is 2.12 bits per heavy atom. The Morgan fingerprint density at radius 3 is 2.62 bits per heavy atom. The molecule has 1 rings (SSSR count). The second kappa shape index (κ2) is 6.06. The van der Waals surface area contributed by atoms with Gasteiger partial charge in [-0.05, 0) is 13.3 Å². The van der Waals surface area contributed by atoms with Crippen LogP contribution in [-0.2, 0) is 23.8 Å². The highest BCUT2D eigenvalue weighted by Gasteiger charge is 2.43. The number of carbonyl (C=O) groups is 2. The van der Waals surface area contributed by atoms with Crippen LogP contribution in [0.5, 0.6) is 0 Å². The minimum atomic E-state index is -0.767. The van der Waals surface area contributed by atoms with Gasteiger partial charge in [0.05, 0.1) is 13.7 Å². The van der Waals surface area contributed by atoms with Gasteiger partial charge in [-0.25, -0.2) is 9.59 Å². The van der Waals surface area contributed by atoms with Crippen molar-refractivity contribution in [1.82, 2.24) is 0 Å². The molecule has 0 radical (unpaired) electrons. The number of rotatable bonds is 4. The standard InChI is InChI=1S/C10H15ClO5/c1-3-15-9(12)7-4-6(5-11)8(16-7)10(13)14-2/h6-8H,3-5H2,1-2H3/t6-,7-,8-/m0/s1. The fraction of sp³-hybridized carbons (Fsp3) is 0.800. The van der Waals surface area contributed by atoms with Crippen molar-refractivity contribution in [2.75, 3.05) is 19.6 Å². The lowest BCUT2D eigenvalue weighted by Crippen LogP contribution is -2.30. The van der Waals surface area contributed by atoms with Crippen LogP contribution in [0.1, 0.15) is 13.3 Å². The predicted octanol–water partition coefficient (Wildman–Crippen LogP) is 0.735. The van der Waals surface area contributed by atoms with E-state index < -0.39 is 24.1 Å². The van der Waals surface area contributed by atoms with E-state index in [-0.39, 0.29) is 18.4 Å². The Labute approximate surface area is 99.0 Å². The van der Waals surface area contributed by atoms with Gasteiger partial charge in [-0.15, -0.1) is 11.6 Å². The number of alkyl halides is 1. The molecule has 1 heterocycles. The smallest absolute Gasteiger partial charge is 0.335 e. The molecule has 92 valence electrons. The molecule has 0 bridgehead atoms. The maximum atomic E-state index is 11.4. The molecule has 6 heteroatoms. The van der Waals surface area contributed by atoms with Crippen LogP contribution in [0.15, 0.2) is 0 Å². The Bertz CT molecular complexity index is 268. The van der Waals surface area contributed by atoms with Gasteiger partial charge in [0.2, 0.25) is 0 Å². The highest BCUT2D eigenvalue weighted by Crippen LogP contribution is 2.29. The summed E-state index contributed by atoms with van der Waals surface area (Å²) < 4.78 is 14.7. The molecule has 1 aliphatic heterocycles. The number of esters is 2. The average molecular weight is 251 g/mol. The van der Waals surface area contributed by atoms with Crippen molar-refractivity contribution in [3.8, 4) is 0 Å². The van der Waals surface area contributed by atoms with Crippen molar-refractivity contribution in [3.63, 3.8) is 0 Å². The van der Waals surface area contributed by atoms with Crippen molar-refractivity contribution in [1.29, 1.82) is 0 Å². The van der Waals surface area contributed by atoms with Crippen molar-refractivity contribution >= 4 is 23.5 Å². The maximum Gasteiger partial charge on any atom is 0.335 e. The zero-order valence-electron chi connectivity index (χ0n) is 9.27. The summed E-state index contributed by atoms with van der Waals surface area (Å²) in [6, 6.07) is 0. The van der Waals surface area contributed by atoms with Crippen LogP contribution in [0.4, 0.5) is 0 Å². The van der Waals surface area contributed by atoms with Crippen LogP contribution in [0, 0.1) is 5.92 Å². The molecule has 0 unspecified atom stereocenters. The molecule has 3 atom stereocenters. The van der Waals surface area contributed by atoms with E-state index in [0.29, 0.717) is 6.42 Å². The Morgan fingerprint density at radius 1 is 1.44 bits per heavy atom. The largest absolute Gasteiger partial charge is 0.467 e. The quantitative estimate of drug-likeness (QED) is 0.544. The van der Waals surface area contributed by atoms with E-state index in [1.807, 2.05) is 0 Å². The first-order valence-corrected chi connectivity index (χ1v) is 5.63. The molecule has 0 amide bonds. The van der Waals surface area contributed by atoms with Gasteiger partial charge in [-0.1, -0.05) is 0 Å². The summed E-state index contributed by atoms with van der Waals surface area (Å²) in [5.74, 6) is -0.916. The molecule has 1 saturated heterocycles. The topological polar surface area (TPSA) is 61.8 Å². The van der Waals surface area contributed by atoms with Crippen molar-refractivity contribution in [2.45, 2.75) is 25.6 Å². The number of methoxy groups -OCH3 is 1. The molecule has 0 N–H and O–H groups in total. The SMILES string of the molecule is CCOC(=O)[C@@H]1C[C@@H](CCl)[C@@H](C(=O)OC)O1.